The van der Waals surface area contributed by atoms with Gasteiger partial charge in [-0.25, -0.2) is 5.84 Å². The van der Waals surface area contributed by atoms with Gasteiger partial charge in [0.05, 0.1) is 6.07 Å². The maximum Gasteiger partial charge on any atom is 0.265 e. The number of nitriles is 1. The number of unbranched alkanes of at least 4 members (excludes halogenated alkanes) is 2. The molecule has 5 nitrogen and oxygen atoms in total. The molecule has 0 bridgehead atoms. The highest BCUT2D eigenvalue weighted by atomic mass is 16.5. The van der Waals surface area contributed by atoms with Gasteiger partial charge in [0.15, 0.2) is 0 Å². The van der Waals surface area contributed by atoms with Crippen molar-refractivity contribution in [2.45, 2.75) is 71.3 Å². The lowest BCUT2D eigenvalue weighted by molar-refractivity contribution is 0.0953. The van der Waals surface area contributed by atoms with Gasteiger partial charge in [-0.15, -0.1) is 0 Å². The van der Waals surface area contributed by atoms with Crippen molar-refractivity contribution in [2.24, 2.45) is 11.8 Å². The molecular weight excluding hydrogens is 482 g/mol. The summed E-state index contributed by atoms with van der Waals surface area (Å²) in [7, 11) is 0. The molecule has 3 aromatic carbocycles. The summed E-state index contributed by atoms with van der Waals surface area (Å²) in [6, 6.07) is 26.6. The van der Waals surface area contributed by atoms with Crippen LogP contribution in [0.5, 0.6) is 5.75 Å². The minimum absolute atomic E-state index is 0.131. The van der Waals surface area contributed by atoms with Crippen LogP contribution < -0.4 is 16.0 Å². The average molecular weight is 524 g/mol. The zero-order chi connectivity index (χ0) is 28.1. The predicted molar refractivity (Wildman–Crippen MR) is 159 cm³/mol. The molecule has 0 aromatic heterocycles. The van der Waals surface area contributed by atoms with Gasteiger partial charge >= 0.3 is 0 Å². The van der Waals surface area contributed by atoms with Crippen LogP contribution in [0, 0.1) is 17.2 Å². The molecule has 3 rings (SSSR count). The highest BCUT2D eigenvalue weighted by Gasteiger charge is 2.13. The molecule has 0 saturated carbocycles. The number of carbonyl (C=O) groups excluding carboxylic acids is 1. The Hall–Kier alpha value is -3.88. The molecule has 204 valence electrons. The highest BCUT2D eigenvalue weighted by molar-refractivity contribution is 5.93. The number of ether oxygens (including phenoxy) is 1. The standard InChI is InChI=1S/C34H41N3O2/c1-34(2,3)31-22-17-28(18-23-31)25-39-32-11-7-6-10-29(32)19-14-26(9-5-4-8-24-35)12-13-27-15-20-30(21-16-27)33(38)37-36/h6-7,10-11,14-23,26H,4-5,8-9,12-13,25,36H2,1-3H3,(H,37,38)/b19-14+. The Kier molecular flexibility index (Phi) is 11.3. The summed E-state index contributed by atoms with van der Waals surface area (Å²) >= 11 is 0. The van der Waals surface area contributed by atoms with Crippen molar-refractivity contribution >= 4 is 12.0 Å². The highest BCUT2D eigenvalue weighted by Crippen LogP contribution is 2.26. The largest absolute Gasteiger partial charge is 0.488 e. The molecule has 3 N–H and O–H groups in total. The fraction of sp³-hybridized carbons (Fsp3) is 0.353. The summed E-state index contributed by atoms with van der Waals surface area (Å²) in [5.74, 6) is 6.18. The Balaban J connectivity index is 1.66. The molecule has 39 heavy (non-hydrogen) atoms. The second-order valence-corrected chi connectivity index (χ2v) is 11.0. The number of allylic oxidation sites excluding steroid dienone is 1. The van der Waals surface area contributed by atoms with Crippen molar-refractivity contribution in [1.82, 2.24) is 5.43 Å². The summed E-state index contributed by atoms with van der Waals surface area (Å²) < 4.78 is 6.23. The van der Waals surface area contributed by atoms with E-state index in [1.165, 1.54) is 11.1 Å². The minimum Gasteiger partial charge on any atom is -0.488 e. The van der Waals surface area contributed by atoms with Crippen LogP contribution in [0.25, 0.3) is 6.08 Å². The zero-order valence-corrected chi connectivity index (χ0v) is 23.5. The summed E-state index contributed by atoms with van der Waals surface area (Å²) in [5.41, 5.74) is 7.55. The van der Waals surface area contributed by atoms with E-state index in [2.05, 4.69) is 74.8 Å². The van der Waals surface area contributed by atoms with Gasteiger partial charge in [0.25, 0.3) is 5.91 Å². The quantitative estimate of drug-likeness (QED) is 0.105. The number of aryl methyl sites for hydroxylation is 1. The second-order valence-electron chi connectivity index (χ2n) is 11.0. The average Bonchev–Trinajstić information content (AvgIpc) is 2.95. The van der Waals surface area contributed by atoms with Gasteiger partial charge in [-0.2, -0.15) is 5.26 Å². The lowest BCUT2D eigenvalue weighted by atomic mass is 9.87. The van der Waals surface area contributed by atoms with Crippen LogP contribution in [-0.2, 0) is 18.4 Å². The summed E-state index contributed by atoms with van der Waals surface area (Å²) in [5, 5.41) is 8.91. The van der Waals surface area contributed by atoms with Gasteiger partial charge in [0.1, 0.15) is 12.4 Å². The predicted octanol–water partition coefficient (Wildman–Crippen LogP) is 7.51. The third-order valence-electron chi connectivity index (χ3n) is 6.95. The Labute approximate surface area is 233 Å². The first kappa shape index (κ1) is 29.7. The van der Waals surface area contributed by atoms with Crippen LogP contribution in [0.1, 0.15) is 85.5 Å². The van der Waals surface area contributed by atoms with Crippen LogP contribution in [0.3, 0.4) is 0 Å². The van der Waals surface area contributed by atoms with Crippen molar-refractivity contribution < 1.29 is 9.53 Å². The van der Waals surface area contributed by atoms with E-state index in [1.54, 1.807) is 12.1 Å². The molecular formula is C34H41N3O2. The molecule has 0 heterocycles. The van der Waals surface area contributed by atoms with Gasteiger partial charge in [0.2, 0.25) is 0 Å². The zero-order valence-electron chi connectivity index (χ0n) is 23.5. The van der Waals surface area contributed by atoms with E-state index >= 15 is 0 Å². The van der Waals surface area contributed by atoms with E-state index in [4.69, 9.17) is 15.8 Å². The molecule has 0 aliphatic rings. The van der Waals surface area contributed by atoms with Crippen LogP contribution in [0.2, 0.25) is 0 Å². The summed E-state index contributed by atoms with van der Waals surface area (Å²) in [6.45, 7) is 7.18. The van der Waals surface area contributed by atoms with Crippen molar-refractivity contribution in [3.63, 3.8) is 0 Å². The molecule has 3 aromatic rings. The summed E-state index contributed by atoms with van der Waals surface area (Å²) in [6.07, 6.45) is 9.88. The number of benzene rings is 3. The Morgan fingerprint density at radius 2 is 1.67 bits per heavy atom. The molecule has 1 amide bonds. The second kappa shape index (κ2) is 14.9. The molecule has 0 spiro atoms. The number of nitrogen functional groups attached to an aromatic ring is 1. The van der Waals surface area contributed by atoms with E-state index in [1.807, 2.05) is 30.3 Å². The number of hydrogen-bond acceptors (Lipinski definition) is 4. The van der Waals surface area contributed by atoms with Crippen LogP contribution in [0.4, 0.5) is 0 Å². The van der Waals surface area contributed by atoms with Gasteiger partial charge in [-0.1, -0.05) is 93.9 Å². The molecule has 0 fully saturated rings. The number of rotatable bonds is 13. The Morgan fingerprint density at radius 3 is 2.33 bits per heavy atom. The fourth-order valence-electron chi connectivity index (χ4n) is 4.46. The smallest absolute Gasteiger partial charge is 0.265 e. The summed E-state index contributed by atoms with van der Waals surface area (Å²) in [4.78, 5) is 11.7. The maximum atomic E-state index is 11.7. The van der Waals surface area contributed by atoms with Crippen molar-refractivity contribution in [1.29, 1.82) is 5.26 Å². The topological polar surface area (TPSA) is 88.1 Å². The molecule has 1 atom stereocenters. The van der Waals surface area contributed by atoms with E-state index in [9.17, 15) is 4.79 Å². The first-order valence-electron chi connectivity index (χ1n) is 13.8. The van der Waals surface area contributed by atoms with Gasteiger partial charge in [-0.05, 0) is 71.9 Å². The number of amides is 1. The first-order chi connectivity index (χ1) is 18.8. The number of hydrazine groups is 1. The molecule has 0 saturated heterocycles. The lowest BCUT2D eigenvalue weighted by Crippen LogP contribution is -2.29. The fourth-order valence-corrected chi connectivity index (χ4v) is 4.46. The Bertz CT molecular complexity index is 1250. The molecule has 0 aliphatic carbocycles. The van der Waals surface area contributed by atoms with Crippen LogP contribution in [-0.4, -0.2) is 5.91 Å². The number of nitrogens with zero attached hydrogens (tertiary/aromatic N) is 1. The number of para-hydroxylation sites is 1. The maximum absolute atomic E-state index is 11.7. The van der Waals surface area contributed by atoms with Gasteiger partial charge in [-0.3, -0.25) is 10.2 Å². The van der Waals surface area contributed by atoms with Crippen LogP contribution in [0.15, 0.2) is 78.9 Å². The molecule has 0 aliphatic heterocycles. The normalized spacial score (nSPS) is 12.2. The number of nitrogens with two attached hydrogens (primary N) is 1. The van der Waals surface area contributed by atoms with Gasteiger partial charge < -0.3 is 4.74 Å². The minimum atomic E-state index is -0.289. The van der Waals surface area contributed by atoms with E-state index in [-0.39, 0.29) is 11.3 Å². The number of nitrogens with one attached hydrogen (secondary N) is 1. The van der Waals surface area contributed by atoms with Crippen molar-refractivity contribution in [3.8, 4) is 11.8 Å². The van der Waals surface area contributed by atoms with Crippen LogP contribution >= 0.6 is 0 Å². The first-order valence-corrected chi connectivity index (χ1v) is 13.8. The monoisotopic (exact) mass is 523 g/mol. The number of carbonyl (C=O) groups is 1. The molecule has 0 radical (unpaired) electrons. The third kappa shape index (κ3) is 9.74. The van der Waals surface area contributed by atoms with E-state index in [0.717, 1.165) is 49.0 Å². The van der Waals surface area contributed by atoms with Crippen molar-refractivity contribution in [3.05, 3.63) is 107 Å². The van der Waals surface area contributed by atoms with Crippen molar-refractivity contribution in [2.75, 3.05) is 0 Å². The molecule has 1 unspecified atom stereocenters. The van der Waals surface area contributed by atoms with Gasteiger partial charge in [0, 0.05) is 17.5 Å². The van der Waals surface area contributed by atoms with E-state index in [0.29, 0.717) is 24.5 Å². The Morgan fingerprint density at radius 1 is 0.974 bits per heavy atom. The number of hydrogen-bond donors (Lipinski definition) is 2. The van der Waals surface area contributed by atoms with E-state index < -0.39 is 0 Å². The molecule has 5 heteroatoms. The SMILES string of the molecule is CC(C)(C)c1ccc(COc2ccccc2/C=C/C(CCCCC#N)CCc2ccc(C(=O)NN)cc2)cc1. The lowest BCUT2D eigenvalue weighted by Gasteiger charge is -2.19. The third-order valence-corrected chi connectivity index (χ3v) is 6.95.